The summed E-state index contributed by atoms with van der Waals surface area (Å²) in [6.45, 7) is 4.29. The minimum Gasteiger partial charge on any atom is -0.394 e. The molecular formula is C54H101NO3. The Morgan fingerprint density at radius 1 is 0.414 bits per heavy atom. The van der Waals surface area contributed by atoms with Gasteiger partial charge in [-0.1, -0.05) is 255 Å². The van der Waals surface area contributed by atoms with E-state index < -0.39 is 12.1 Å². The highest BCUT2D eigenvalue weighted by atomic mass is 16.3. The van der Waals surface area contributed by atoms with Gasteiger partial charge in [-0.2, -0.15) is 0 Å². The topological polar surface area (TPSA) is 69.6 Å². The van der Waals surface area contributed by atoms with Crippen molar-refractivity contribution in [2.45, 2.75) is 283 Å². The molecule has 4 heteroatoms. The summed E-state index contributed by atoms with van der Waals surface area (Å²) >= 11 is 0. The van der Waals surface area contributed by atoms with E-state index in [2.05, 4.69) is 55.6 Å². The SMILES string of the molecule is CCCCC/C=C\C/C=C\C/C=C\CCCCCCCCC(=O)NC(CO)C(O)/C=C/CCCCCCCCCCCCCCCCCCCCCCCCCCC. The predicted molar refractivity (Wildman–Crippen MR) is 258 cm³/mol. The molecule has 0 aliphatic carbocycles. The first-order valence-corrected chi connectivity index (χ1v) is 25.9. The lowest BCUT2D eigenvalue weighted by atomic mass is 10.0. The molecule has 2 atom stereocenters. The van der Waals surface area contributed by atoms with Crippen molar-refractivity contribution < 1.29 is 15.0 Å². The molecule has 0 radical (unpaired) electrons. The van der Waals surface area contributed by atoms with Crippen molar-refractivity contribution in [1.29, 1.82) is 0 Å². The van der Waals surface area contributed by atoms with Gasteiger partial charge >= 0.3 is 0 Å². The molecule has 1 amide bonds. The standard InChI is InChI=1S/C54H101NO3/c1-3-5-7-9-11-13-15-17-19-21-23-24-25-26-27-28-29-30-32-33-35-37-39-41-43-45-47-49-53(57)52(51-56)55-54(58)50-48-46-44-42-40-38-36-34-31-22-20-18-16-14-12-10-8-6-4-2/h12,14,18,20,31,34,47,49,52-53,56-57H,3-11,13,15-17,19,21-30,32-33,35-46,48,50-51H2,1-2H3,(H,55,58)/b14-12-,20-18-,34-31-,49-47+. The molecule has 0 rings (SSSR count). The Morgan fingerprint density at radius 3 is 1.09 bits per heavy atom. The van der Waals surface area contributed by atoms with Crippen molar-refractivity contribution in [2.24, 2.45) is 0 Å². The Balaban J connectivity index is 3.53. The highest BCUT2D eigenvalue weighted by molar-refractivity contribution is 5.76. The van der Waals surface area contributed by atoms with Gasteiger partial charge in [0.05, 0.1) is 18.8 Å². The van der Waals surface area contributed by atoms with Crippen molar-refractivity contribution in [3.63, 3.8) is 0 Å². The highest BCUT2D eigenvalue weighted by Crippen LogP contribution is 2.16. The van der Waals surface area contributed by atoms with E-state index in [4.69, 9.17) is 0 Å². The molecule has 0 saturated carbocycles. The van der Waals surface area contributed by atoms with Crippen LogP contribution in [0.3, 0.4) is 0 Å². The lowest BCUT2D eigenvalue weighted by molar-refractivity contribution is -0.123. The van der Waals surface area contributed by atoms with Gasteiger partial charge < -0.3 is 15.5 Å². The Morgan fingerprint density at radius 2 is 0.707 bits per heavy atom. The summed E-state index contributed by atoms with van der Waals surface area (Å²) in [6, 6.07) is -0.631. The van der Waals surface area contributed by atoms with Crippen LogP contribution in [0.25, 0.3) is 0 Å². The average Bonchev–Trinajstić information content (AvgIpc) is 3.23. The molecule has 340 valence electrons. The second-order valence-electron chi connectivity index (χ2n) is 17.6. The van der Waals surface area contributed by atoms with Gasteiger partial charge in [0.15, 0.2) is 0 Å². The third-order valence-corrected chi connectivity index (χ3v) is 11.8. The molecule has 0 aliphatic rings. The minimum atomic E-state index is -0.847. The maximum Gasteiger partial charge on any atom is 0.220 e. The lowest BCUT2D eigenvalue weighted by Gasteiger charge is -2.20. The van der Waals surface area contributed by atoms with Crippen LogP contribution in [-0.2, 0) is 4.79 Å². The number of aliphatic hydroxyl groups is 2. The molecule has 0 aliphatic heterocycles. The zero-order valence-electron chi connectivity index (χ0n) is 39.1. The summed E-state index contributed by atoms with van der Waals surface area (Å²) in [5, 5.41) is 23.1. The third kappa shape index (κ3) is 45.4. The van der Waals surface area contributed by atoms with Crippen LogP contribution in [0.5, 0.6) is 0 Å². The second-order valence-corrected chi connectivity index (χ2v) is 17.6. The van der Waals surface area contributed by atoms with Crippen LogP contribution < -0.4 is 5.32 Å². The predicted octanol–water partition coefficient (Wildman–Crippen LogP) is 16.7. The van der Waals surface area contributed by atoms with Crippen LogP contribution in [0.1, 0.15) is 271 Å². The van der Waals surface area contributed by atoms with E-state index in [1.165, 1.54) is 199 Å². The van der Waals surface area contributed by atoms with Gasteiger partial charge in [0, 0.05) is 6.42 Å². The first-order chi connectivity index (χ1) is 28.7. The van der Waals surface area contributed by atoms with Gasteiger partial charge in [-0.15, -0.1) is 0 Å². The third-order valence-electron chi connectivity index (χ3n) is 11.8. The molecule has 0 bridgehead atoms. The first kappa shape index (κ1) is 56.4. The summed E-state index contributed by atoms with van der Waals surface area (Å²) in [7, 11) is 0. The van der Waals surface area contributed by atoms with E-state index in [9.17, 15) is 15.0 Å². The maximum atomic E-state index is 12.4. The number of carbonyl (C=O) groups is 1. The Labute approximate surface area is 363 Å². The molecule has 0 aromatic heterocycles. The van der Waals surface area contributed by atoms with Crippen LogP contribution in [0.4, 0.5) is 0 Å². The molecule has 0 aromatic carbocycles. The van der Waals surface area contributed by atoms with Crippen molar-refractivity contribution in [1.82, 2.24) is 5.32 Å². The van der Waals surface area contributed by atoms with Gasteiger partial charge in [0.25, 0.3) is 0 Å². The van der Waals surface area contributed by atoms with E-state index in [1.54, 1.807) is 6.08 Å². The van der Waals surface area contributed by atoms with E-state index >= 15 is 0 Å². The molecule has 0 spiro atoms. The van der Waals surface area contributed by atoms with E-state index in [0.29, 0.717) is 6.42 Å². The molecule has 0 fully saturated rings. The van der Waals surface area contributed by atoms with Crippen molar-refractivity contribution >= 4 is 5.91 Å². The smallest absolute Gasteiger partial charge is 0.220 e. The number of amides is 1. The number of rotatable bonds is 47. The van der Waals surface area contributed by atoms with Crippen LogP contribution in [-0.4, -0.2) is 34.9 Å². The number of hydrogen-bond donors (Lipinski definition) is 3. The van der Waals surface area contributed by atoms with Gasteiger partial charge in [0.2, 0.25) is 5.91 Å². The minimum absolute atomic E-state index is 0.0751. The summed E-state index contributed by atoms with van der Waals surface area (Å²) in [4.78, 5) is 12.4. The lowest BCUT2D eigenvalue weighted by Crippen LogP contribution is -2.45. The molecule has 58 heavy (non-hydrogen) atoms. The second kappa shape index (κ2) is 49.7. The van der Waals surface area contributed by atoms with Crippen molar-refractivity contribution in [3.8, 4) is 0 Å². The molecule has 2 unspecified atom stereocenters. The van der Waals surface area contributed by atoms with Gasteiger partial charge in [-0.25, -0.2) is 0 Å². The summed E-state index contributed by atoms with van der Waals surface area (Å²) in [6.07, 6.45) is 68.2. The van der Waals surface area contributed by atoms with E-state index in [1.807, 2.05) is 6.08 Å². The summed E-state index contributed by atoms with van der Waals surface area (Å²) in [5.41, 5.74) is 0. The normalized spacial score (nSPS) is 13.2. The number of allylic oxidation sites excluding steroid dienone is 7. The highest BCUT2D eigenvalue weighted by Gasteiger charge is 2.18. The molecule has 0 saturated heterocycles. The number of carbonyl (C=O) groups excluding carboxylic acids is 1. The Hall–Kier alpha value is -1.65. The van der Waals surface area contributed by atoms with E-state index in [0.717, 1.165) is 51.4 Å². The number of aliphatic hydroxyl groups excluding tert-OH is 2. The van der Waals surface area contributed by atoms with Crippen LogP contribution in [0, 0.1) is 0 Å². The molecular weight excluding hydrogens is 711 g/mol. The largest absolute Gasteiger partial charge is 0.394 e. The summed E-state index contributed by atoms with van der Waals surface area (Å²) in [5.74, 6) is -0.0751. The Kier molecular flexibility index (Phi) is 48.3. The van der Waals surface area contributed by atoms with Crippen LogP contribution in [0.2, 0.25) is 0 Å². The molecule has 4 nitrogen and oxygen atoms in total. The van der Waals surface area contributed by atoms with E-state index in [-0.39, 0.29) is 12.5 Å². The monoisotopic (exact) mass is 812 g/mol. The fraction of sp³-hybridized carbons (Fsp3) is 0.833. The molecule has 3 N–H and O–H groups in total. The quantitative estimate of drug-likeness (QED) is 0.0423. The maximum absolute atomic E-state index is 12.4. The zero-order chi connectivity index (χ0) is 42.1. The number of nitrogens with one attached hydrogen (secondary N) is 1. The van der Waals surface area contributed by atoms with Gasteiger partial charge in [0.1, 0.15) is 0 Å². The van der Waals surface area contributed by atoms with Crippen LogP contribution >= 0.6 is 0 Å². The Bertz CT molecular complexity index is 923. The average molecular weight is 812 g/mol. The molecule has 0 aromatic rings. The number of hydrogen-bond acceptors (Lipinski definition) is 3. The fourth-order valence-corrected chi connectivity index (χ4v) is 7.83. The van der Waals surface area contributed by atoms with Crippen molar-refractivity contribution in [2.75, 3.05) is 6.61 Å². The summed E-state index contributed by atoms with van der Waals surface area (Å²) < 4.78 is 0. The van der Waals surface area contributed by atoms with Gasteiger partial charge in [-0.05, 0) is 57.8 Å². The zero-order valence-corrected chi connectivity index (χ0v) is 39.1. The van der Waals surface area contributed by atoms with Crippen LogP contribution in [0.15, 0.2) is 48.6 Å². The fourth-order valence-electron chi connectivity index (χ4n) is 7.83. The first-order valence-electron chi connectivity index (χ1n) is 25.9. The molecule has 0 heterocycles. The van der Waals surface area contributed by atoms with Gasteiger partial charge in [-0.3, -0.25) is 4.79 Å². The van der Waals surface area contributed by atoms with Crippen molar-refractivity contribution in [3.05, 3.63) is 48.6 Å². The number of unbranched alkanes of at least 4 members (excludes halogenated alkanes) is 34.